The molecule has 0 bridgehead atoms. The van der Waals surface area contributed by atoms with E-state index in [-0.39, 0.29) is 6.10 Å². The normalized spacial score (nSPS) is 17.9. The van der Waals surface area contributed by atoms with Gasteiger partial charge in [-0.2, -0.15) is 16.9 Å². The fourth-order valence-electron chi connectivity index (χ4n) is 2.39. The topological polar surface area (TPSA) is 62.3 Å². The predicted octanol–water partition coefficient (Wildman–Crippen LogP) is 2.56. The zero-order valence-corrected chi connectivity index (χ0v) is 13.0. The largest absolute Gasteiger partial charge is 0.493 e. The minimum Gasteiger partial charge on any atom is -0.493 e. The molecule has 0 saturated carbocycles. The summed E-state index contributed by atoms with van der Waals surface area (Å²) in [4.78, 5) is 0. The maximum absolute atomic E-state index is 6.20. The summed E-state index contributed by atoms with van der Waals surface area (Å²) >= 11 is 1.92. The molecular formula is C15H19N3O2S. The molecule has 3 rings (SSSR count). The van der Waals surface area contributed by atoms with Crippen LogP contribution in [0.3, 0.4) is 0 Å². The van der Waals surface area contributed by atoms with Crippen molar-refractivity contribution in [2.45, 2.75) is 12.5 Å². The van der Waals surface area contributed by atoms with Crippen LogP contribution in [0.1, 0.15) is 6.42 Å². The first-order chi connectivity index (χ1) is 10.2. The van der Waals surface area contributed by atoms with Gasteiger partial charge in [0.2, 0.25) is 0 Å². The zero-order chi connectivity index (χ0) is 14.8. The molecule has 1 aliphatic heterocycles. The van der Waals surface area contributed by atoms with Crippen molar-refractivity contribution in [3.63, 3.8) is 0 Å². The average Bonchev–Trinajstić information content (AvgIpc) is 3.10. The van der Waals surface area contributed by atoms with Crippen LogP contribution in [0.4, 0.5) is 5.82 Å². The molecule has 2 aromatic rings. The molecular weight excluding hydrogens is 286 g/mol. The highest BCUT2D eigenvalue weighted by atomic mass is 32.2. The van der Waals surface area contributed by atoms with Gasteiger partial charge in [0, 0.05) is 24.4 Å². The van der Waals surface area contributed by atoms with E-state index in [0.29, 0.717) is 5.82 Å². The van der Waals surface area contributed by atoms with E-state index in [9.17, 15) is 0 Å². The Balaban J connectivity index is 2.02. The maximum atomic E-state index is 6.20. The smallest absolute Gasteiger partial charge is 0.171 e. The van der Waals surface area contributed by atoms with E-state index < -0.39 is 0 Å². The first-order valence-corrected chi connectivity index (χ1v) is 8.06. The van der Waals surface area contributed by atoms with Crippen LogP contribution in [-0.2, 0) is 7.05 Å². The molecule has 1 aromatic carbocycles. The van der Waals surface area contributed by atoms with Gasteiger partial charge in [-0.1, -0.05) is 6.07 Å². The highest BCUT2D eigenvalue weighted by Gasteiger charge is 2.22. The Morgan fingerprint density at radius 3 is 2.90 bits per heavy atom. The highest BCUT2D eigenvalue weighted by molar-refractivity contribution is 7.99. The van der Waals surface area contributed by atoms with Crippen molar-refractivity contribution in [3.8, 4) is 22.8 Å². The van der Waals surface area contributed by atoms with Crippen molar-refractivity contribution >= 4 is 17.6 Å². The number of methoxy groups -OCH3 is 1. The monoisotopic (exact) mass is 305 g/mol. The van der Waals surface area contributed by atoms with E-state index in [1.54, 1.807) is 11.8 Å². The van der Waals surface area contributed by atoms with Crippen LogP contribution >= 0.6 is 11.8 Å². The Labute approximate surface area is 128 Å². The van der Waals surface area contributed by atoms with Gasteiger partial charge in [-0.25, -0.2) is 0 Å². The van der Waals surface area contributed by atoms with Crippen LogP contribution in [0.15, 0.2) is 24.3 Å². The standard InChI is InChI=1S/C15H19N3O2S/c1-18-14(16)8-12(17-18)11-4-3-5-13(19-2)15(11)20-10-6-7-21-9-10/h3-5,8,10H,6-7,9,16H2,1-2H3. The van der Waals surface area contributed by atoms with Gasteiger partial charge in [-0.15, -0.1) is 0 Å². The van der Waals surface area contributed by atoms with E-state index >= 15 is 0 Å². The number of nitrogen functional groups attached to an aromatic ring is 1. The van der Waals surface area contributed by atoms with Crippen molar-refractivity contribution in [1.29, 1.82) is 0 Å². The number of hydrogen-bond acceptors (Lipinski definition) is 5. The summed E-state index contributed by atoms with van der Waals surface area (Å²) < 4.78 is 13.3. The quantitative estimate of drug-likeness (QED) is 0.940. The summed E-state index contributed by atoms with van der Waals surface area (Å²) in [7, 11) is 3.48. The van der Waals surface area contributed by atoms with Crippen molar-refractivity contribution < 1.29 is 9.47 Å². The number of nitrogens with zero attached hydrogens (tertiary/aromatic N) is 2. The number of aryl methyl sites for hydroxylation is 1. The molecule has 1 aromatic heterocycles. The number of anilines is 1. The molecule has 1 fully saturated rings. The van der Waals surface area contributed by atoms with Gasteiger partial charge >= 0.3 is 0 Å². The van der Waals surface area contributed by atoms with E-state index in [0.717, 1.165) is 40.7 Å². The highest BCUT2D eigenvalue weighted by Crippen LogP contribution is 2.39. The summed E-state index contributed by atoms with van der Waals surface area (Å²) in [5.41, 5.74) is 7.60. The number of hydrogen-bond donors (Lipinski definition) is 1. The molecule has 1 atom stereocenters. The molecule has 1 unspecified atom stereocenters. The van der Waals surface area contributed by atoms with Crippen LogP contribution < -0.4 is 15.2 Å². The number of para-hydroxylation sites is 1. The van der Waals surface area contributed by atoms with Crippen LogP contribution in [0.5, 0.6) is 11.5 Å². The van der Waals surface area contributed by atoms with Gasteiger partial charge < -0.3 is 15.2 Å². The Hall–Kier alpha value is -1.82. The third-order valence-electron chi connectivity index (χ3n) is 3.56. The van der Waals surface area contributed by atoms with Crippen molar-refractivity contribution in [3.05, 3.63) is 24.3 Å². The van der Waals surface area contributed by atoms with Crippen molar-refractivity contribution in [1.82, 2.24) is 9.78 Å². The Morgan fingerprint density at radius 2 is 2.29 bits per heavy atom. The fraction of sp³-hybridized carbons (Fsp3) is 0.400. The van der Waals surface area contributed by atoms with Crippen LogP contribution in [0, 0.1) is 0 Å². The minimum atomic E-state index is 0.228. The third kappa shape index (κ3) is 2.81. The number of thioether (sulfide) groups is 1. The predicted molar refractivity (Wildman–Crippen MR) is 86.0 cm³/mol. The average molecular weight is 305 g/mol. The van der Waals surface area contributed by atoms with Gasteiger partial charge in [-0.05, 0) is 24.3 Å². The van der Waals surface area contributed by atoms with Gasteiger partial charge in [0.25, 0.3) is 0 Å². The Kier molecular flexibility index (Phi) is 3.96. The lowest BCUT2D eigenvalue weighted by Crippen LogP contribution is -2.16. The number of benzene rings is 1. The molecule has 2 N–H and O–H groups in total. The number of rotatable bonds is 4. The Bertz CT molecular complexity index is 616. The lowest BCUT2D eigenvalue weighted by molar-refractivity contribution is 0.219. The molecule has 1 saturated heterocycles. The van der Waals surface area contributed by atoms with E-state index in [4.69, 9.17) is 15.2 Å². The summed E-state index contributed by atoms with van der Waals surface area (Å²) in [6, 6.07) is 7.69. The third-order valence-corrected chi connectivity index (χ3v) is 4.70. The molecule has 6 heteroatoms. The fourth-order valence-corrected chi connectivity index (χ4v) is 3.48. The van der Waals surface area contributed by atoms with Gasteiger partial charge in [0.15, 0.2) is 11.5 Å². The molecule has 2 heterocycles. The lowest BCUT2D eigenvalue weighted by Gasteiger charge is -2.18. The molecule has 0 spiro atoms. The maximum Gasteiger partial charge on any atom is 0.171 e. The number of nitrogens with two attached hydrogens (primary N) is 1. The van der Waals surface area contributed by atoms with Crippen LogP contribution in [0.25, 0.3) is 11.3 Å². The molecule has 5 nitrogen and oxygen atoms in total. The molecule has 0 aliphatic carbocycles. The van der Waals surface area contributed by atoms with Crippen molar-refractivity contribution in [2.24, 2.45) is 7.05 Å². The lowest BCUT2D eigenvalue weighted by atomic mass is 10.1. The van der Waals surface area contributed by atoms with E-state index in [1.807, 2.05) is 43.1 Å². The molecule has 0 amide bonds. The summed E-state index contributed by atoms with van der Waals surface area (Å²) in [6.45, 7) is 0. The zero-order valence-electron chi connectivity index (χ0n) is 12.2. The summed E-state index contributed by atoms with van der Waals surface area (Å²) in [5.74, 6) is 4.27. The van der Waals surface area contributed by atoms with Gasteiger partial charge in [0.05, 0.1) is 12.8 Å². The minimum absolute atomic E-state index is 0.228. The SMILES string of the molecule is COc1cccc(-c2cc(N)n(C)n2)c1OC1CCSC1. The number of aromatic nitrogens is 2. The molecule has 112 valence electrons. The summed E-state index contributed by atoms with van der Waals surface area (Å²) in [6.07, 6.45) is 1.29. The molecule has 0 radical (unpaired) electrons. The van der Waals surface area contributed by atoms with Gasteiger partial charge in [0.1, 0.15) is 11.9 Å². The van der Waals surface area contributed by atoms with Crippen LogP contribution in [0.2, 0.25) is 0 Å². The van der Waals surface area contributed by atoms with E-state index in [2.05, 4.69) is 5.10 Å². The van der Waals surface area contributed by atoms with Crippen molar-refractivity contribution in [2.75, 3.05) is 24.3 Å². The first-order valence-electron chi connectivity index (χ1n) is 6.90. The molecule has 21 heavy (non-hydrogen) atoms. The first kappa shape index (κ1) is 14.1. The second kappa shape index (κ2) is 5.89. The molecule has 1 aliphatic rings. The number of ether oxygens (including phenoxy) is 2. The Morgan fingerprint density at radius 1 is 1.43 bits per heavy atom. The summed E-state index contributed by atoms with van der Waals surface area (Å²) in [5, 5.41) is 4.44. The second-order valence-corrected chi connectivity index (χ2v) is 6.17. The van der Waals surface area contributed by atoms with Crippen LogP contribution in [-0.4, -0.2) is 34.5 Å². The van der Waals surface area contributed by atoms with Gasteiger partial charge in [-0.3, -0.25) is 4.68 Å². The van der Waals surface area contributed by atoms with E-state index in [1.165, 1.54) is 0 Å². The second-order valence-electron chi connectivity index (χ2n) is 5.02.